The van der Waals surface area contributed by atoms with Crippen molar-refractivity contribution in [2.75, 3.05) is 0 Å². The summed E-state index contributed by atoms with van der Waals surface area (Å²) in [5.74, 6) is 0.686. The van der Waals surface area contributed by atoms with E-state index in [2.05, 4.69) is 5.10 Å². The van der Waals surface area contributed by atoms with Gasteiger partial charge in [-0.1, -0.05) is 0 Å². The van der Waals surface area contributed by atoms with Crippen LogP contribution in [-0.2, 0) is 19.5 Å². The van der Waals surface area contributed by atoms with Gasteiger partial charge in [-0.3, -0.25) is 14.8 Å². The number of hydrogen-bond donors (Lipinski definition) is 0. The van der Waals surface area contributed by atoms with Crippen molar-refractivity contribution in [3.05, 3.63) is 51.8 Å². The van der Waals surface area contributed by atoms with Crippen molar-refractivity contribution in [1.29, 1.82) is 0 Å². The SMILES string of the molecule is Cn1ccc(COc2ccc([N+](=O)[O-])cc2CCl)n1. The van der Waals surface area contributed by atoms with Gasteiger partial charge >= 0.3 is 0 Å². The topological polar surface area (TPSA) is 70.2 Å². The highest BCUT2D eigenvalue weighted by Gasteiger charge is 2.11. The number of rotatable bonds is 5. The maximum absolute atomic E-state index is 10.7. The lowest BCUT2D eigenvalue weighted by Gasteiger charge is -2.08. The molecular weight excluding hydrogens is 270 g/mol. The Hall–Kier alpha value is -2.08. The van der Waals surface area contributed by atoms with Crippen molar-refractivity contribution in [3.8, 4) is 5.75 Å². The van der Waals surface area contributed by atoms with Crippen LogP contribution in [0.25, 0.3) is 0 Å². The third kappa shape index (κ3) is 3.23. The molecule has 6 nitrogen and oxygen atoms in total. The molecule has 0 atom stereocenters. The Balaban J connectivity index is 2.13. The van der Waals surface area contributed by atoms with Gasteiger partial charge in [0.1, 0.15) is 12.4 Å². The van der Waals surface area contributed by atoms with Crippen LogP contribution in [0.5, 0.6) is 5.75 Å². The molecule has 1 heterocycles. The lowest BCUT2D eigenvalue weighted by molar-refractivity contribution is -0.384. The number of ether oxygens (including phenoxy) is 1. The summed E-state index contributed by atoms with van der Waals surface area (Å²) in [6.07, 6.45) is 1.82. The minimum Gasteiger partial charge on any atom is -0.487 e. The number of benzene rings is 1. The van der Waals surface area contributed by atoms with E-state index >= 15 is 0 Å². The first-order chi connectivity index (χ1) is 9.10. The molecule has 0 amide bonds. The van der Waals surface area contributed by atoms with Crippen molar-refractivity contribution < 1.29 is 9.66 Å². The first-order valence-electron chi connectivity index (χ1n) is 5.54. The molecule has 1 aromatic heterocycles. The molecule has 0 bridgehead atoms. The van der Waals surface area contributed by atoms with Gasteiger partial charge in [0.25, 0.3) is 5.69 Å². The second-order valence-electron chi connectivity index (χ2n) is 3.95. The van der Waals surface area contributed by atoms with Crippen LogP contribution in [0, 0.1) is 10.1 Å². The standard InChI is InChI=1S/C12H12ClN3O3/c1-15-5-4-10(14-15)8-19-12-3-2-11(16(17)18)6-9(12)7-13/h2-6H,7-8H2,1H3. The molecule has 2 aromatic rings. The van der Waals surface area contributed by atoms with E-state index in [-0.39, 0.29) is 11.6 Å². The average molecular weight is 282 g/mol. The van der Waals surface area contributed by atoms with Gasteiger partial charge in [0.15, 0.2) is 0 Å². The molecule has 0 saturated heterocycles. The fourth-order valence-corrected chi connectivity index (χ4v) is 1.83. The first kappa shape index (κ1) is 13.4. The van der Waals surface area contributed by atoms with Gasteiger partial charge in [0.05, 0.1) is 16.5 Å². The number of nitro benzene ring substituents is 1. The summed E-state index contributed by atoms with van der Waals surface area (Å²) in [5.41, 5.74) is 1.37. The lowest BCUT2D eigenvalue weighted by Crippen LogP contribution is -2.00. The Morgan fingerprint density at radius 1 is 1.47 bits per heavy atom. The monoisotopic (exact) mass is 281 g/mol. The number of nitro groups is 1. The number of non-ortho nitro benzene ring substituents is 1. The van der Waals surface area contributed by atoms with E-state index in [1.807, 2.05) is 19.3 Å². The Labute approximate surface area is 114 Å². The lowest BCUT2D eigenvalue weighted by atomic mass is 10.2. The zero-order chi connectivity index (χ0) is 13.8. The smallest absolute Gasteiger partial charge is 0.270 e. The number of alkyl halides is 1. The number of aryl methyl sites for hydroxylation is 1. The summed E-state index contributed by atoms with van der Waals surface area (Å²) in [6.45, 7) is 0.294. The second kappa shape index (κ2) is 5.71. The van der Waals surface area contributed by atoms with Crippen LogP contribution in [0.2, 0.25) is 0 Å². The largest absolute Gasteiger partial charge is 0.487 e. The number of halogens is 1. The third-order valence-corrected chi connectivity index (χ3v) is 2.83. The Morgan fingerprint density at radius 2 is 2.26 bits per heavy atom. The minimum atomic E-state index is -0.460. The van der Waals surface area contributed by atoms with E-state index in [4.69, 9.17) is 16.3 Å². The zero-order valence-electron chi connectivity index (χ0n) is 10.2. The van der Waals surface area contributed by atoms with E-state index in [1.165, 1.54) is 12.1 Å². The molecule has 19 heavy (non-hydrogen) atoms. The van der Waals surface area contributed by atoms with Crippen molar-refractivity contribution in [3.63, 3.8) is 0 Å². The normalized spacial score (nSPS) is 10.4. The summed E-state index contributed by atoms with van der Waals surface area (Å²) >= 11 is 5.77. The summed E-state index contributed by atoms with van der Waals surface area (Å²) in [7, 11) is 1.82. The Morgan fingerprint density at radius 3 is 2.84 bits per heavy atom. The van der Waals surface area contributed by atoms with Gasteiger partial charge in [0, 0.05) is 30.9 Å². The highest BCUT2D eigenvalue weighted by atomic mass is 35.5. The van der Waals surface area contributed by atoms with Crippen LogP contribution < -0.4 is 4.74 Å². The predicted octanol–water partition coefficient (Wildman–Crippen LogP) is 2.65. The fraction of sp³-hybridized carbons (Fsp3) is 0.250. The van der Waals surface area contributed by atoms with Gasteiger partial charge in [-0.2, -0.15) is 5.10 Å². The molecule has 0 aliphatic heterocycles. The molecule has 0 unspecified atom stereocenters. The molecule has 2 rings (SSSR count). The van der Waals surface area contributed by atoms with Crippen molar-refractivity contribution in [1.82, 2.24) is 9.78 Å². The predicted molar refractivity (Wildman–Crippen MR) is 70.2 cm³/mol. The van der Waals surface area contributed by atoms with E-state index in [0.29, 0.717) is 17.9 Å². The van der Waals surface area contributed by atoms with Crippen LogP contribution in [0.4, 0.5) is 5.69 Å². The summed E-state index contributed by atoms with van der Waals surface area (Å²) in [5, 5.41) is 14.8. The van der Waals surface area contributed by atoms with Crippen molar-refractivity contribution in [2.45, 2.75) is 12.5 Å². The maximum atomic E-state index is 10.7. The molecule has 0 N–H and O–H groups in total. The van der Waals surface area contributed by atoms with E-state index in [9.17, 15) is 10.1 Å². The average Bonchev–Trinajstić information content (AvgIpc) is 2.81. The van der Waals surface area contributed by atoms with Gasteiger partial charge in [-0.15, -0.1) is 11.6 Å². The second-order valence-corrected chi connectivity index (χ2v) is 4.22. The third-order valence-electron chi connectivity index (χ3n) is 2.54. The van der Waals surface area contributed by atoms with Crippen LogP contribution in [0.1, 0.15) is 11.3 Å². The van der Waals surface area contributed by atoms with Gasteiger partial charge in [-0.25, -0.2) is 0 Å². The number of hydrogen-bond acceptors (Lipinski definition) is 4. The van der Waals surface area contributed by atoms with Gasteiger partial charge in [0.2, 0.25) is 0 Å². The molecule has 7 heteroatoms. The molecule has 0 fully saturated rings. The van der Waals surface area contributed by atoms with E-state index in [1.54, 1.807) is 10.7 Å². The van der Waals surface area contributed by atoms with E-state index < -0.39 is 4.92 Å². The summed E-state index contributed by atoms with van der Waals surface area (Å²) in [4.78, 5) is 10.2. The minimum absolute atomic E-state index is 0.000774. The molecule has 0 aliphatic rings. The van der Waals surface area contributed by atoms with Crippen LogP contribution in [0.15, 0.2) is 30.5 Å². The molecule has 0 saturated carbocycles. The van der Waals surface area contributed by atoms with Crippen molar-refractivity contribution >= 4 is 17.3 Å². The van der Waals surface area contributed by atoms with Crippen LogP contribution in [0.3, 0.4) is 0 Å². The molecule has 100 valence electrons. The quantitative estimate of drug-likeness (QED) is 0.480. The number of nitrogens with zero attached hydrogens (tertiary/aromatic N) is 3. The molecular formula is C12H12ClN3O3. The molecule has 1 aromatic carbocycles. The number of aromatic nitrogens is 2. The summed E-state index contributed by atoms with van der Waals surface area (Å²) < 4.78 is 7.26. The van der Waals surface area contributed by atoms with Crippen molar-refractivity contribution in [2.24, 2.45) is 7.05 Å². The highest BCUT2D eigenvalue weighted by molar-refractivity contribution is 6.17. The van der Waals surface area contributed by atoms with Crippen LogP contribution in [-0.4, -0.2) is 14.7 Å². The molecule has 0 spiro atoms. The fourth-order valence-electron chi connectivity index (χ4n) is 1.62. The van der Waals surface area contributed by atoms with Crippen LogP contribution >= 0.6 is 11.6 Å². The van der Waals surface area contributed by atoms with E-state index in [0.717, 1.165) is 5.69 Å². The Kier molecular flexibility index (Phi) is 4.01. The first-order valence-corrected chi connectivity index (χ1v) is 6.08. The van der Waals surface area contributed by atoms with Gasteiger partial charge in [-0.05, 0) is 12.1 Å². The Bertz CT molecular complexity index is 598. The van der Waals surface area contributed by atoms with Gasteiger partial charge < -0.3 is 4.74 Å². The maximum Gasteiger partial charge on any atom is 0.270 e. The molecule has 0 aliphatic carbocycles. The molecule has 0 radical (unpaired) electrons. The summed E-state index contributed by atoms with van der Waals surface area (Å²) in [6, 6.07) is 6.20. The highest BCUT2D eigenvalue weighted by Crippen LogP contribution is 2.26. The zero-order valence-corrected chi connectivity index (χ0v) is 11.0.